The third-order valence-electron chi connectivity index (χ3n) is 3.98. The number of hydrogen-bond donors (Lipinski definition) is 0. The summed E-state index contributed by atoms with van der Waals surface area (Å²) >= 11 is 5.82. The molecule has 1 radical (unpaired) electrons. The fraction of sp³-hybridized carbons (Fsp3) is 0.562. The number of hydrogen-bond acceptors (Lipinski definition) is 2. The minimum Gasteiger partial charge on any atom is -0.462 e. The zero-order valence-electron chi connectivity index (χ0n) is 11.3. The maximum absolute atomic E-state index is 11.7. The largest absolute Gasteiger partial charge is 0.462 e. The first-order valence-corrected chi connectivity index (χ1v) is 7.39. The number of rotatable bonds is 5. The smallest absolute Gasteiger partial charge is 0.338 e. The molecule has 1 aromatic rings. The van der Waals surface area contributed by atoms with E-state index >= 15 is 0 Å². The Morgan fingerprint density at radius 1 is 1.53 bits per heavy atom. The second kappa shape index (κ2) is 6.95. The fourth-order valence-corrected chi connectivity index (χ4v) is 2.97. The molecule has 0 aromatic heterocycles. The highest BCUT2D eigenvalue weighted by Crippen LogP contribution is 2.34. The minimum absolute atomic E-state index is 0.332. The van der Waals surface area contributed by atoms with E-state index in [2.05, 4.69) is 13.0 Å². The average Bonchev–Trinajstić information content (AvgIpc) is 2.80. The maximum Gasteiger partial charge on any atom is 0.338 e. The SMILES string of the molecule is CC1CCCC1CCCOC(=O)c1[c]ccc(Cl)c1. The van der Waals surface area contributed by atoms with E-state index in [1.807, 2.05) is 0 Å². The van der Waals surface area contributed by atoms with Crippen LogP contribution in [0.5, 0.6) is 0 Å². The monoisotopic (exact) mass is 279 g/mol. The van der Waals surface area contributed by atoms with Gasteiger partial charge in [-0.1, -0.05) is 43.9 Å². The molecule has 0 heterocycles. The van der Waals surface area contributed by atoms with Gasteiger partial charge in [-0.05, 0) is 42.9 Å². The summed E-state index contributed by atoms with van der Waals surface area (Å²) in [6, 6.07) is 7.76. The molecule has 19 heavy (non-hydrogen) atoms. The molecule has 2 nitrogen and oxygen atoms in total. The summed E-state index contributed by atoms with van der Waals surface area (Å²) in [5.74, 6) is 1.32. The molecular weight excluding hydrogens is 260 g/mol. The Bertz CT molecular complexity index is 431. The van der Waals surface area contributed by atoms with E-state index in [1.165, 1.54) is 19.3 Å². The van der Waals surface area contributed by atoms with E-state index < -0.39 is 0 Å². The van der Waals surface area contributed by atoms with Crippen molar-refractivity contribution >= 4 is 17.6 Å². The lowest BCUT2D eigenvalue weighted by molar-refractivity contribution is 0.0491. The van der Waals surface area contributed by atoms with Crippen molar-refractivity contribution < 1.29 is 9.53 Å². The molecular formula is C16H20ClO2. The van der Waals surface area contributed by atoms with Gasteiger partial charge in [0.25, 0.3) is 0 Å². The minimum atomic E-state index is -0.332. The number of benzene rings is 1. The van der Waals surface area contributed by atoms with Crippen LogP contribution in [0.25, 0.3) is 0 Å². The maximum atomic E-state index is 11.7. The molecule has 0 spiro atoms. The molecule has 0 bridgehead atoms. The van der Waals surface area contributed by atoms with Crippen molar-refractivity contribution in [2.75, 3.05) is 6.61 Å². The van der Waals surface area contributed by atoms with Crippen molar-refractivity contribution in [3.05, 3.63) is 34.9 Å². The van der Waals surface area contributed by atoms with Crippen LogP contribution in [0.2, 0.25) is 5.02 Å². The summed E-state index contributed by atoms with van der Waals surface area (Å²) in [7, 11) is 0. The predicted molar refractivity (Wildman–Crippen MR) is 76.3 cm³/mol. The summed E-state index contributed by atoms with van der Waals surface area (Å²) < 4.78 is 5.25. The van der Waals surface area contributed by atoms with E-state index in [-0.39, 0.29) is 5.97 Å². The van der Waals surface area contributed by atoms with Crippen LogP contribution in [0, 0.1) is 17.9 Å². The van der Waals surface area contributed by atoms with E-state index in [9.17, 15) is 4.79 Å². The van der Waals surface area contributed by atoms with Gasteiger partial charge in [0.15, 0.2) is 0 Å². The number of carbonyl (C=O) groups is 1. The van der Waals surface area contributed by atoms with Gasteiger partial charge in [-0.15, -0.1) is 0 Å². The van der Waals surface area contributed by atoms with Crippen molar-refractivity contribution in [2.45, 2.75) is 39.0 Å². The van der Waals surface area contributed by atoms with Crippen molar-refractivity contribution in [3.8, 4) is 0 Å². The summed E-state index contributed by atoms with van der Waals surface area (Å²) in [4.78, 5) is 11.7. The Hall–Kier alpha value is -1.02. The normalized spacial score (nSPS) is 22.4. The van der Waals surface area contributed by atoms with Crippen LogP contribution in [0.15, 0.2) is 18.2 Å². The first-order chi connectivity index (χ1) is 9.16. The number of halogens is 1. The molecule has 2 unspecified atom stereocenters. The zero-order chi connectivity index (χ0) is 13.7. The molecule has 103 valence electrons. The number of carbonyl (C=O) groups excluding carboxylic acids is 1. The molecule has 0 N–H and O–H groups in total. The fourth-order valence-electron chi connectivity index (χ4n) is 2.80. The van der Waals surface area contributed by atoms with Crippen LogP contribution in [-0.2, 0) is 4.74 Å². The first kappa shape index (κ1) is 14.4. The van der Waals surface area contributed by atoms with Crippen LogP contribution in [-0.4, -0.2) is 12.6 Å². The Morgan fingerprint density at radius 2 is 2.37 bits per heavy atom. The van der Waals surface area contributed by atoms with E-state index in [4.69, 9.17) is 16.3 Å². The molecule has 3 heteroatoms. The standard InChI is InChI=1S/C16H20ClO2/c1-12-5-2-6-13(12)8-4-10-19-16(18)14-7-3-9-15(17)11-14/h3,9,11-13H,2,4-6,8,10H2,1H3. The van der Waals surface area contributed by atoms with Gasteiger partial charge in [0.05, 0.1) is 12.2 Å². The van der Waals surface area contributed by atoms with Gasteiger partial charge in [0.1, 0.15) is 0 Å². The topological polar surface area (TPSA) is 26.3 Å². The molecule has 2 atom stereocenters. The average molecular weight is 280 g/mol. The summed E-state index contributed by atoms with van der Waals surface area (Å²) in [5, 5.41) is 0.533. The van der Waals surface area contributed by atoms with Gasteiger partial charge < -0.3 is 4.74 Å². The third-order valence-corrected chi connectivity index (χ3v) is 4.21. The quantitative estimate of drug-likeness (QED) is 0.585. The van der Waals surface area contributed by atoms with Crippen LogP contribution in [0.4, 0.5) is 0 Å². The Morgan fingerprint density at radius 3 is 3.05 bits per heavy atom. The predicted octanol–water partition coefficient (Wildman–Crippen LogP) is 4.51. The summed E-state index contributed by atoms with van der Waals surface area (Å²) in [6.45, 7) is 2.81. The zero-order valence-corrected chi connectivity index (χ0v) is 12.1. The van der Waals surface area contributed by atoms with Gasteiger partial charge in [-0.3, -0.25) is 0 Å². The Kier molecular flexibility index (Phi) is 5.26. The van der Waals surface area contributed by atoms with Crippen LogP contribution in [0.3, 0.4) is 0 Å². The van der Waals surface area contributed by atoms with Gasteiger partial charge in [0, 0.05) is 5.02 Å². The van der Waals surface area contributed by atoms with Crippen molar-refractivity contribution in [1.29, 1.82) is 0 Å². The van der Waals surface area contributed by atoms with Gasteiger partial charge >= 0.3 is 5.97 Å². The summed E-state index contributed by atoms with van der Waals surface area (Å²) in [5.41, 5.74) is 0.404. The van der Waals surface area contributed by atoms with Crippen molar-refractivity contribution in [1.82, 2.24) is 0 Å². The van der Waals surface area contributed by atoms with Crippen LogP contribution >= 0.6 is 11.6 Å². The van der Waals surface area contributed by atoms with E-state index in [0.29, 0.717) is 17.2 Å². The highest BCUT2D eigenvalue weighted by molar-refractivity contribution is 6.30. The Balaban J connectivity index is 1.69. The molecule has 0 saturated heterocycles. The molecule has 1 aliphatic rings. The lowest BCUT2D eigenvalue weighted by Crippen LogP contribution is -2.09. The lowest BCUT2D eigenvalue weighted by Gasteiger charge is -2.14. The van der Waals surface area contributed by atoms with Gasteiger partial charge in [-0.2, -0.15) is 0 Å². The van der Waals surface area contributed by atoms with Crippen molar-refractivity contribution in [2.24, 2.45) is 11.8 Å². The molecule has 1 saturated carbocycles. The third kappa shape index (κ3) is 4.24. The van der Waals surface area contributed by atoms with Gasteiger partial charge in [-0.25, -0.2) is 4.79 Å². The first-order valence-electron chi connectivity index (χ1n) is 7.01. The summed E-state index contributed by atoms with van der Waals surface area (Å²) in [6.07, 6.45) is 6.14. The van der Waals surface area contributed by atoms with E-state index in [0.717, 1.165) is 24.7 Å². The molecule has 1 fully saturated rings. The molecule has 2 rings (SSSR count). The number of ether oxygens (including phenoxy) is 1. The molecule has 1 aliphatic carbocycles. The van der Waals surface area contributed by atoms with Crippen LogP contribution < -0.4 is 0 Å². The molecule has 1 aromatic carbocycles. The number of esters is 1. The highest BCUT2D eigenvalue weighted by Gasteiger charge is 2.22. The van der Waals surface area contributed by atoms with Crippen molar-refractivity contribution in [3.63, 3.8) is 0 Å². The molecule has 0 aliphatic heterocycles. The highest BCUT2D eigenvalue weighted by atomic mass is 35.5. The Labute approximate surface area is 120 Å². The van der Waals surface area contributed by atoms with Gasteiger partial charge in [0.2, 0.25) is 0 Å². The second-order valence-electron chi connectivity index (χ2n) is 5.37. The van der Waals surface area contributed by atoms with Crippen LogP contribution in [0.1, 0.15) is 49.4 Å². The lowest BCUT2D eigenvalue weighted by atomic mass is 9.93. The van der Waals surface area contributed by atoms with E-state index in [1.54, 1.807) is 18.2 Å². The molecule has 0 amide bonds. The second-order valence-corrected chi connectivity index (χ2v) is 5.80.